The Morgan fingerprint density at radius 1 is 1.10 bits per heavy atom. The van der Waals surface area contributed by atoms with Crippen LogP contribution in [-0.4, -0.2) is 53.8 Å². The van der Waals surface area contributed by atoms with Crippen LogP contribution in [0.2, 0.25) is 0 Å². The first-order valence-electron chi connectivity index (χ1n) is 10.2. The van der Waals surface area contributed by atoms with Crippen LogP contribution in [0, 0.1) is 0 Å². The molecule has 160 valence electrons. The number of ether oxygens (including phenoxy) is 2. The zero-order valence-electron chi connectivity index (χ0n) is 17.1. The van der Waals surface area contributed by atoms with Crippen molar-refractivity contribution in [1.29, 1.82) is 0 Å². The molecule has 2 aromatic rings. The zero-order valence-corrected chi connectivity index (χ0v) is 17.1. The van der Waals surface area contributed by atoms with Gasteiger partial charge in [0, 0.05) is 12.1 Å². The third-order valence-electron chi connectivity index (χ3n) is 4.95. The Hall–Kier alpha value is -3.06. The van der Waals surface area contributed by atoms with Crippen LogP contribution < -0.4 is 10.1 Å². The smallest absolute Gasteiger partial charge is 0.409 e. The number of hydrogen-bond donors (Lipinski definition) is 2. The van der Waals surface area contributed by atoms with Gasteiger partial charge in [-0.2, -0.15) is 0 Å². The van der Waals surface area contributed by atoms with Crippen molar-refractivity contribution >= 4 is 12.0 Å². The predicted molar refractivity (Wildman–Crippen MR) is 112 cm³/mol. The van der Waals surface area contributed by atoms with Crippen molar-refractivity contribution in [2.75, 3.05) is 19.7 Å². The topological polar surface area (TPSA) is 88.1 Å². The number of amides is 2. The highest BCUT2D eigenvalue weighted by Crippen LogP contribution is 2.16. The van der Waals surface area contributed by atoms with Gasteiger partial charge in [-0.05, 0) is 36.2 Å². The summed E-state index contributed by atoms with van der Waals surface area (Å²) < 4.78 is 10.9. The van der Waals surface area contributed by atoms with E-state index in [0.29, 0.717) is 24.5 Å². The molecule has 1 heterocycles. The van der Waals surface area contributed by atoms with Gasteiger partial charge >= 0.3 is 6.09 Å². The Morgan fingerprint density at radius 3 is 2.53 bits per heavy atom. The number of benzene rings is 2. The van der Waals surface area contributed by atoms with Crippen molar-refractivity contribution in [3.05, 3.63) is 65.7 Å². The molecule has 0 aromatic heterocycles. The Kier molecular flexibility index (Phi) is 7.68. The summed E-state index contributed by atoms with van der Waals surface area (Å²) in [5.41, 5.74) is 1.52. The van der Waals surface area contributed by atoms with Crippen LogP contribution in [0.15, 0.2) is 54.6 Å². The number of aliphatic hydroxyl groups is 1. The molecule has 7 nitrogen and oxygen atoms in total. The monoisotopic (exact) mass is 412 g/mol. The lowest BCUT2D eigenvalue weighted by atomic mass is 10.1. The summed E-state index contributed by atoms with van der Waals surface area (Å²) in [6, 6.07) is 16.1. The van der Waals surface area contributed by atoms with Crippen molar-refractivity contribution in [1.82, 2.24) is 10.2 Å². The third kappa shape index (κ3) is 5.97. The van der Waals surface area contributed by atoms with Gasteiger partial charge in [0.15, 0.2) is 0 Å². The molecule has 0 spiro atoms. The van der Waals surface area contributed by atoms with E-state index >= 15 is 0 Å². The first kappa shape index (κ1) is 21.6. The SMILES string of the molecule is CCCCOC(=O)N1C[C@@H](O)[C@H](NC(=O)c2ccc(OCc3ccccc3)cc2)C1. The lowest BCUT2D eigenvalue weighted by Gasteiger charge is -2.17. The molecular formula is C23H28N2O5. The number of carbonyl (C=O) groups is 2. The van der Waals surface area contributed by atoms with Crippen molar-refractivity contribution in [2.45, 2.75) is 38.5 Å². The van der Waals surface area contributed by atoms with Gasteiger partial charge in [-0.3, -0.25) is 4.79 Å². The van der Waals surface area contributed by atoms with Crippen LogP contribution in [0.5, 0.6) is 5.75 Å². The average molecular weight is 412 g/mol. The summed E-state index contributed by atoms with van der Waals surface area (Å²) in [5.74, 6) is 0.354. The lowest BCUT2D eigenvalue weighted by Crippen LogP contribution is -2.43. The maximum atomic E-state index is 12.5. The summed E-state index contributed by atoms with van der Waals surface area (Å²) in [7, 11) is 0. The van der Waals surface area contributed by atoms with E-state index in [0.717, 1.165) is 18.4 Å². The molecule has 1 fully saturated rings. The van der Waals surface area contributed by atoms with Gasteiger partial charge < -0.3 is 24.8 Å². The molecule has 30 heavy (non-hydrogen) atoms. The summed E-state index contributed by atoms with van der Waals surface area (Å²) in [4.78, 5) is 26.0. The molecule has 2 N–H and O–H groups in total. The van der Waals surface area contributed by atoms with Gasteiger partial charge in [-0.25, -0.2) is 4.79 Å². The van der Waals surface area contributed by atoms with E-state index in [1.165, 1.54) is 4.90 Å². The average Bonchev–Trinajstić information content (AvgIpc) is 3.13. The number of nitrogens with one attached hydrogen (secondary N) is 1. The van der Waals surface area contributed by atoms with Crippen LogP contribution in [0.1, 0.15) is 35.7 Å². The fourth-order valence-corrected chi connectivity index (χ4v) is 3.17. The van der Waals surface area contributed by atoms with E-state index in [-0.39, 0.29) is 19.0 Å². The molecular weight excluding hydrogens is 384 g/mol. The molecule has 2 atom stereocenters. The Morgan fingerprint density at radius 2 is 1.83 bits per heavy atom. The van der Waals surface area contributed by atoms with E-state index in [1.54, 1.807) is 24.3 Å². The first-order valence-corrected chi connectivity index (χ1v) is 10.2. The van der Waals surface area contributed by atoms with Gasteiger partial charge in [-0.1, -0.05) is 43.7 Å². The minimum absolute atomic E-state index is 0.141. The molecule has 2 aromatic carbocycles. The molecule has 1 aliphatic heterocycles. The molecule has 1 aliphatic rings. The van der Waals surface area contributed by atoms with E-state index in [9.17, 15) is 14.7 Å². The number of β-amino-alcohol motifs (C(OH)–C–C–N with tert-alkyl or cyclic N) is 1. The van der Waals surface area contributed by atoms with Crippen LogP contribution in [-0.2, 0) is 11.3 Å². The number of rotatable bonds is 8. The highest BCUT2D eigenvalue weighted by Gasteiger charge is 2.35. The maximum Gasteiger partial charge on any atom is 0.409 e. The fourth-order valence-electron chi connectivity index (χ4n) is 3.17. The quantitative estimate of drug-likeness (QED) is 0.651. The van der Waals surface area contributed by atoms with Crippen molar-refractivity contribution < 1.29 is 24.2 Å². The summed E-state index contributed by atoms with van der Waals surface area (Å²) in [6.07, 6.45) is 0.443. The second-order valence-corrected chi connectivity index (χ2v) is 7.32. The third-order valence-corrected chi connectivity index (χ3v) is 4.95. The predicted octanol–water partition coefficient (Wildman–Crippen LogP) is 2.98. The van der Waals surface area contributed by atoms with Gasteiger partial charge in [0.25, 0.3) is 5.91 Å². The molecule has 2 amide bonds. The number of nitrogens with zero attached hydrogens (tertiary/aromatic N) is 1. The van der Waals surface area contributed by atoms with E-state index in [4.69, 9.17) is 9.47 Å². The van der Waals surface area contributed by atoms with Gasteiger partial charge in [-0.15, -0.1) is 0 Å². The molecule has 3 rings (SSSR count). The first-order chi connectivity index (χ1) is 14.6. The molecule has 0 unspecified atom stereocenters. The van der Waals surface area contributed by atoms with Crippen molar-refractivity contribution in [3.8, 4) is 5.75 Å². The van der Waals surface area contributed by atoms with E-state index < -0.39 is 18.2 Å². The summed E-state index contributed by atoms with van der Waals surface area (Å²) in [5, 5.41) is 13.0. The fraction of sp³-hybridized carbons (Fsp3) is 0.391. The van der Waals surface area contributed by atoms with Crippen LogP contribution >= 0.6 is 0 Å². The molecule has 0 aliphatic carbocycles. The minimum atomic E-state index is -0.832. The van der Waals surface area contributed by atoms with Crippen molar-refractivity contribution in [2.24, 2.45) is 0 Å². The zero-order chi connectivity index (χ0) is 21.3. The van der Waals surface area contributed by atoms with Crippen LogP contribution in [0.25, 0.3) is 0 Å². The standard InChI is InChI=1S/C23H28N2O5/c1-2-3-13-29-23(28)25-14-20(21(26)15-25)24-22(27)18-9-11-19(12-10-18)30-16-17-7-5-4-6-8-17/h4-12,20-21,26H,2-3,13-16H2,1H3,(H,24,27)/t20-,21-/m1/s1. The molecule has 0 saturated carbocycles. The number of unbranched alkanes of at least 4 members (excludes halogenated alkanes) is 1. The minimum Gasteiger partial charge on any atom is -0.489 e. The Balaban J connectivity index is 1.48. The highest BCUT2D eigenvalue weighted by molar-refractivity contribution is 5.94. The van der Waals surface area contributed by atoms with Gasteiger partial charge in [0.05, 0.1) is 25.3 Å². The second-order valence-electron chi connectivity index (χ2n) is 7.32. The number of carbonyl (C=O) groups excluding carboxylic acids is 2. The van der Waals surface area contributed by atoms with E-state index in [2.05, 4.69) is 5.32 Å². The molecule has 0 bridgehead atoms. The number of aliphatic hydroxyl groups excluding tert-OH is 1. The number of hydrogen-bond acceptors (Lipinski definition) is 5. The maximum absolute atomic E-state index is 12.5. The summed E-state index contributed by atoms with van der Waals surface area (Å²) in [6.45, 7) is 3.18. The number of likely N-dealkylation sites (tertiary alicyclic amines) is 1. The second kappa shape index (κ2) is 10.6. The highest BCUT2D eigenvalue weighted by atomic mass is 16.6. The Labute approximate surface area is 176 Å². The van der Waals surface area contributed by atoms with E-state index in [1.807, 2.05) is 37.3 Å². The molecule has 0 radical (unpaired) electrons. The van der Waals surface area contributed by atoms with Crippen LogP contribution in [0.4, 0.5) is 4.79 Å². The Bertz CT molecular complexity index is 825. The largest absolute Gasteiger partial charge is 0.489 e. The molecule has 1 saturated heterocycles. The van der Waals surface area contributed by atoms with Crippen molar-refractivity contribution in [3.63, 3.8) is 0 Å². The lowest BCUT2D eigenvalue weighted by molar-refractivity contribution is 0.0888. The summed E-state index contributed by atoms with van der Waals surface area (Å²) >= 11 is 0. The van der Waals surface area contributed by atoms with Gasteiger partial charge in [0.2, 0.25) is 0 Å². The van der Waals surface area contributed by atoms with Crippen LogP contribution in [0.3, 0.4) is 0 Å². The normalized spacial score (nSPS) is 18.1. The molecule has 7 heteroatoms. The van der Waals surface area contributed by atoms with Gasteiger partial charge in [0.1, 0.15) is 12.4 Å².